The monoisotopic (exact) mass is 285 g/mol. The van der Waals surface area contributed by atoms with Gasteiger partial charge in [-0.15, -0.1) is 0 Å². The molecule has 106 valence electrons. The zero-order valence-corrected chi connectivity index (χ0v) is 10.3. The number of carbonyl (C=O) groups is 1. The van der Waals surface area contributed by atoms with E-state index in [9.17, 15) is 18.0 Å². The van der Waals surface area contributed by atoms with Crippen LogP contribution in [0, 0.1) is 6.92 Å². The molecule has 2 aromatic rings. The van der Waals surface area contributed by atoms with Crippen molar-refractivity contribution in [3.8, 4) is 0 Å². The van der Waals surface area contributed by atoms with Crippen LogP contribution in [0.25, 0.3) is 0 Å². The van der Waals surface area contributed by atoms with Crippen LogP contribution in [0.1, 0.15) is 21.6 Å². The summed E-state index contributed by atoms with van der Waals surface area (Å²) in [6, 6.07) is 2.41. The SMILES string of the molecule is Cc1coc(NC(=O)c2cc(C(F)(F)F)ccc2N)n1. The third kappa shape index (κ3) is 2.90. The lowest BCUT2D eigenvalue weighted by Crippen LogP contribution is -2.16. The highest BCUT2D eigenvalue weighted by Crippen LogP contribution is 2.31. The Morgan fingerprint density at radius 1 is 1.40 bits per heavy atom. The minimum Gasteiger partial charge on any atom is -0.432 e. The van der Waals surface area contributed by atoms with Crippen LogP contribution in [0.15, 0.2) is 28.9 Å². The van der Waals surface area contributed by atoms with E-state index in [-0.39, 0.29) is 17.3 Å². The van der Waals surface area contributed by atoms with Crippen molar-refractivity contribution in [2.75, 3.05) is 11.1 Å². The Labute approximate surface area is 111 Å². The minimum atomic E-state index is -4.55. The molecule has 2 rings (SSSR count). The van der Waals surface area contributed by atoms with Gasteiger partial charge in [0.2, 0.25) is 0 Å². The quantitative estimate of drug-likeness (QED) is 0.831. The van der Waals surface area contributed by atoms with Crippen LogP contribution in [0.4, 0.5) is 24.9 Å². The van der Waals surface area contributed by atoms with Crippen molar-refractivity contribution in [2.45, 2.75) is 13.1 Å². The van der Waals surface area contributed by atoms with Gasteiger partial charge in [0.1, 0.15) is 6.26 Å². The highest BCUT2D eigenvalue weighted by Gasteiger charge is 2.31. The number of aromatic nitrogens is 1. The fourth-order valence-electron chi connectivity index (χ4n) is 1.51. The minimum absolute atomic E-state index is 0.0706. The molecule has 0 radical (unpaired) electrons. The molecular formula is C12H10F3N3O2. The van der Waals surface area contributed by atoms with Gasteiger partial charge in [0.15, 0.2) is 0 Å². The van der Waals surface area contributed by atoms with Gasteiger partial charge in [0.25, 0.3) is 5.91 Å². The summed E-state index contributed by atoms with van der Waals surface area (Å²) in [5, 5.41) is 2.23. The number of alkyl halides is 3. The molecular weight excluding hydrogens is 275 g/mol. The lowest BCUT2D eigenvalue weighted by Gasteiger charge is -2.10. The number of nitrogen functional groups attached to an aromatic ring is 1. The van der Waals surface area contributed by atoms with Crippen LogP contribution in [0.3, 0.4) is 0 Å². The zero-order chi connectivity index (χ0) is 14.9. The van der Waals surface area contributed by atoms with E-state index in [1.165, 1.54) is 6.26 Å². The van der Waals surface area contributed by atoms with E-state index < -0.39 is 17.6 Å². The van der Waals surface area contributed by atoms with Crippen molar-refractivity contribution in [1.82, 2.24) is 4.98 Å². The van der Waals surface area contributed by atoms with E-state index in [4.69, 9.17) is 10.2 Å². The van der Waals surface area contributed by atoms with Crippen LogP contribution in [-0.4, -0.2) is 10.9 Å². The molecule has 0 spiro atoms. The van der Waals surface area contributed by atoms with Crippen LogP contribution in [0.2, 0.25) is 0 Å². The van der Waals surface area contributed by atoms with Gasteiger partial charge in [0.05, 0.1) is 16.8 Å². The van der Waals surface area contributed by atoms with E-state index in [2.05, 4.69) is 10.3 Å². The molecule has 0 atom stereocenters. The predicted octanol–water partition coefficient (Wildman–Crippen LogP) is 2.84. The van der Waals surface area contributed by atoms with E-state index >= 15 is 0 Å². The molecule has 20 heavy (non-hydrogen) atoms. The number of aryl methyl sites for hydroxylation is 1. The largest absolute Gasteiger partial charge is 0.432 e. The Bertz CT molecular complexity index is 650. The summed E-state index contributed by atoms with van der Waals surface area (Å²) in [6.45, 7) is 1.64. The lowest BCUT2D eigenvalue weighted by molar-refractivity contribution is -0.137. The van der Waals surface area contributed by atoms with Gasteiger partial charge in [0, 0.05) is 5.69 Å². The summed E-state index contributed by atoms with van der Waals surface area (Å²) in [4.78, 5) is 15.7. The Kier molecular flexibility index (Phi) is 3.39. The Morgan fingerprint density at radius 3 is 2.65 bits per heavy atom. The molecule has 1 amide bonds. The maximum Gasteiger partial charge on any atom is 0.416 e. The Hall–Kier alpha value is -2.51. The number of anilines is 2. The number of hydrogen-bond donors (Lipinski definition) is 2. The maximum atomic E-state index is 12.6. The number of oxazole rings is 1. The van der Waals surface area contributed by atoms with Gasteiger partial charge in [-0.05, 0) is 25.1 Å². The maximum absolute atomic E-state index is 12.6. The van der Waals surface area contributed by atoms with Crippen molar-refractivity contribution >= 4 is 17.6 Å². The highest BCUT2D eigenvalue weighted by molar-refractivity contribution is 6.06. The van der Waals surface area contributed by atoms with E-state index in [1.54, 1.807) is 6.92 Å². The van der Waals surface area contributed by atoms with Gasteiger partial charge in [-0.25, -0.2) is 0 Å². The van der Waals surface area contributed by atoms with E-state index in [1.807, 2.05) is 0 Å². The molecule has 5 nitrogen and oxygen atoms in total. The van der Waals surface area contributed by atoms with Gasteiger partial charge >= 0.3 is 12.2 Å². The number of halogens is 3. The molecule has 0 saturated carbocycles. The van der Waals surface area contributed by atoms with Crippen molar-refractivity contribution in [3.63, 3.8) is 0 Å². The molecule has 0 bridgehead atoms. The van der Waals surface area contributed by atoms with Crippen LogP contribution in [0.5, 0.6) is 0 Å². The molecule has 0 aliphatic heterocycles. The number of rotatable bonds is 2. The zero-order valence-electron chi connectivity index (χ0n) is 10.3. The average molecular weight is 285 g/mol. The van der Waals surface area contributed by atoms with Crippen molar-refractivity contribution < 1.29 is 22.4 Å². The second-order valence-electron chi connectivity index (χ2n) is 4.05. The summed E-state index contributed by atoms with van der Waals surface area (Å²) in [7, 11) is 0. The molecule has 0 aliphatic carbocycles. The molecule has 1 aromatic carbocycles. The highest BCUT2D eigenvalue weighted by atomic mass is 19.4. The summed E-state index contributed by atoms with van der Waals surface area (Å²) >= 11 is 0. The topological polar surface area (TPSA) is 81.2 Å². The predicted molar refractivity (Wildman–Crippen MR) is 65.0 cm³/mol. The summed E-state index contributed by atoms with van der Waals surface area (Å²) in [5.74, 6) is -0.824. The van der Waals surface area contributed by atoms with E-state index in [0.29, 0.717) is 11.8 Å². The number of nitrogens with two attached hydrogens (primary N) is 1. The van der Waals surface area contributed by atoms with Gasteiger partial charge in [-0.1, -0.05) is 0 Å². The molecule has 1 heterocycles. The van der Waals surface area contributed by atoms with Gasteiger partial charge in [-0.3, -0.25) is 10.1 Å². The first kappa shape index (κ1) is 13.9. The molecule has 0 unspecified atom stereocenters. The number of nitrogens with zero attached hydrogens (tertiary/aromatic N) is 1. The standard InChI is InChI=1S/C12H10F3N3O2/c1-6-5-20-11(17-6)18-10(19)8-4-7(12(13,14)15)2-3-9(8)16/h2-5H,16H2,1H3,(H,17,18,19). The van der Waals surface area contributed by atoms with Gasteiger partial charge < -0.3 is 10.2 Å². The fraction of sp³-hybridized carbons (Fsp3) is 0.167. The van der Waals surface area contributed by atoms with Gasteiger partial charge in [-0.2, -0.15) is 18.2 Å². The molecule has 0 saturated heterocycles. The van der Waals surface area contributed by atoms with Crippen LogP contribution >= 0.6 is 0 Å². The van der Waals surface area contributed by atoms with Crippen molar-refractivity contribution in [2.24, 2.45) is 0 Å². The van der Waals surface area contributed by atoms with E-state index in [0.717, 1.165) is 12.1 Å². The number of benzene rings is 1. The number of amides is 1. The first-order valence-corrected chi connectivity index (χ1v) is 5.47. The molecule has 0 fully saturated rings. The second kappa shape index (κ2) is 4.87. The molecule has 1 aromatic heterocycles. The molecule has 3 N–H and O–H groups in total. The smallest absolute Gasteiger partial charge is 0.416 e. The third-order valence-electron chi connectivity index (χ3n) is 2.46. The number of nitrogens with one attached hydrogen (secondary N) is 1. The normalized spacial score (nSPS) is 11.4. The molecule has 8 heteroatoms. The van der Waals surface area contributed by atoms with Crippen LogP contribution < -0.4 is 11.1 Å². The summed E-state index contributed by atoms with van der Waals surface area (Å²) in [6.07, 6.45) is -3.26. The molecule has 0 aliphatic rings. The second-order valence-corrected chi connectivity index (χ2v) is 4.05. The Morgan fingerprint density at radius 2 is 2.10 bits per heavy atom. The van der Waals surface area contributed by atoms with Crippen molar-refractivity contribution in [1.29, 1.82) is 0 Å². The van der Waals surface area contributed by atoms with Crippen LogP contribution in [-0.2, 0) is 6.18 Å². The number of hydrogen-bond acceptors (Lipinski definition) is 4. The first-order chi connectivity index (χ1) is 9.27. The summed E-state index contributed by atoms with van der Waals surface area (Å²) in [5.41, 5.74) is 4.71. The number of carbonyl (C=O) groups excluding carboxylic acids is 1. The van der Waals surface area contributed by atoms with Crippen molar-refractivity contribution in [3.05, 3.63) is 41.3 Å². The average Bonchev–Trinajstić information content (AvgIpc) is 2.73. The summed E-state index contributed by atoms with van der Waals surface area (Å²) < 4.78 is 42.7. The lowest BCUT2D eigenvalue weighted by atomic mass is 10.1. The Balaban J connectivity index is 2.29. The third-order valence-corrected chi connectivity index (χ3v) is 2.46. The first-order valence-electron chi connectivity index (χ1n) is 5.47. The fourth-order valence-corrected chi connectivity index (χ4v) is 1.51.